The molecule has 0 spiro atoms. The molecule has 0 aromatic heterocycles. The number of carbonyl (C=O) groups excluding carboxylic acids is 2. The molecule has 0 saturated heterocycles. The van der Waals surface area contributed by atoms with Crippen molar-refractivity contribution >= 4 is 23.4 Å². The molecule has 2 atom stereocenters. The highest BCUT2D eigenvalue weighted by Crippen LogP contribution is 2.49. The van der Waals surface area contributed by atoms with Crippen LogP contribution in [-0.4, -0.2) is 24.5 Å². The minimum absolute atomic E-state index is 0.00487. The zero-order valence-corrected chi connectivity index (χ0v) is 18.1. The third kappa shape index (κ3) is 5.18. The third-order valence-corrected chi connectivity index (χ3v) is 6.66. The van der Waals surface area contributed by atoms with Gasteiger partial charge < -0.3 is 15.4 Å². The highest BCUT2D eigenvalue weighted by molar-refractivity contribution is 6.30. The summed E-state index contributed by atoms with van der Waals surface area (Å²) in [6, 6.07) is 12.1. The van der Waals surface area contributed by atoms with Crippen LogP contribution in [0.5, 0.6) is 5.75 Å². The number of ether oxygens (including phenoxy) is 1. The molecular formula is C24H26ClFN2O3. The molecule has 3 aliphatic carbocycles. The maximum Gasteiger partial charge on any atom is 0.258 e. The Balaban J connectivity index is 1.27. The predicted molar refractivity (Wildman–Crippen MR) is 116 cm³/mol. The van der Waals surface area contributed by atoms with E-state index in [1.807, 2.05) is 25.1 Å². The van der Waals surface area contributed by atoms with Crippen LogP contribution >= 0.6 is 11.6 Å². The zero-order valence-electron chi connectivity index (χ0n) is 17.4. The van der Waals surface area contributed by atoms with Crippen molar-refractivity contribution in [2.75, 3.05) is 6.61 Å². The third-order valence-electron chi connectivity index (χ3n) is 6.35. The van der Waals surface area contributed by atoms with E-state index in [1.54, 1.807) is 0 Å². The molecule has 0 radical (unpaired) electrons. The number of benzene rings is 2. The van der Waals surface area contributed by atoms with Gasteiger partial charge in [-0.15, -0.1) is 0 Å². The molecule has 164 valence electrons. The smallest absolute Gasteiger partial charge is 0.258 e. The number of nitrogens with one attached hydrogen (secondary N) is 2. The van der Waals surface area contributed by atoms with E-state index in [1.165, 1.54) is 12.1 Å². The second-order valence-electron chi connectivity index (χ2n) is 8.58. The first-order chi connectivity index (χ1) is 14.9. The molecule has 2 N–H and O–H groups in total. The molecule has 7 heteroatoms. The van der Waals surface area contributed by atoms with Gasteiger partial charge in [0.05, 0.1) is 5.02 Å². The summed E-state index contributed by atoms with van der Waals surface area (Å²) in [6.07, 6.45) is 2.55. The fourth-order valence-corrected chi connectivity index (χ4v) is 4.75. The molecule has 2 aromatic rings. The number of carbonyl (C=O) groups is 2. The van der Waals surface area contributed by atoms with Gasteiger partial charge in [0.15, 0.2) is 6.61 Å². The molecular weight excluding hydrogens is 419 g/mol. The Morgan fingerprint density at radius 2 is 1.94 bits per heavy atom. The lowest BCUT2D eigenvalue weighted by molar-refractivity contribution is -0.136. The summed E-state index contributed by atoms with van der Waals surface area (Å²) in [7, 11) is 0. The molecule has 5 nitrogen and oxygen atoms in total. The Kier molecular flexibility index (Phi) is 6.46. The zero-order chi connectivity index (χ0) is 22.0. The molecule has 3 saturated carbocycles. The van der Waals surface area contributed by atoms with Crippen molar-refractivity contribution < 1.29 is 18.7 Å². The number of aryl methyl sites for hydroxylation is 1. The lowest BCUT2D eigenvalue weighted by Crippen LogP contribution is -2.56. The SMILES string of the molecule is Cc1cccc(CNC(=O)C2CC(NC(=O)COc3ccc(Cl)c(F)c3)C3CC2C3)c1. The maximum absolute atomic E-state index is 13.5. The molecule has 2 bridgehead atoms. The van der Waals surface area contributed by atoms with Crippen LogP contribution in [0.25, 0.3) is 0 Å². The van der Waals surface area contributed by atoms with E-state index in [4.69, 9.17) is 16.3 Å². The second kappa shape index (κ2) is 9.27. The lowest BCUT2D eigenvalue weighted by Gasteiger charge is -2.50. The summed E-state index contributed by atoms with van der Waals surface area (Å²) in [4.78, 5) is 25.2. The normalized spacial score (nSPS) is 24.1. The topological polar surface area (TPSA) is 67.4 Å². The Bertz CT molecular complexity index is 977. The fraction of sp³-hybridized carbons (Fsp3) is 0.417. The van der Waals surface area contributed by atoms with E-state index in [9.17, 15) is 14.0 Å². The van der Waals surface area contributed by atoms with Crippen LogP contribution in [0.4, 0.5) is 4.39 Å². The molecule has 2 amide bonds. The Hall–Kier alpha value is -2.60. The van der Waals surface area contributed by atoms with Gasteiger partial charge in [0.1, 0.15) is 11.6 Å². The molecule has 3 aliphatic rings. The molecule has 3 fully saturated rings. The van der Waals surface area contributed by atoms with Crippen molar-refractivity contribution in [2.24, 2.45) is 17.8 Å². The van der Waals surface area contributed by atoms with E-state index in [2.05, 4.69) is 16.7 Å². The summed E-state index contributed by atoms with van der Waals surface area (Å²) in [5, 5.41) is 6.07. The fourth-order valence-electron chi connectivity index (χ4n) is 4.63. The van der Waals surface area contributed by atoms with Gasteiger partial charge in [0, 0.05) is 24.6 Å². The standard InChI is InChI=1S/C24H26ClFN2O3/c1-14-3-2-4-15(7-14)12-27-24(30)19-11-22(17-8-16(19)9-17)28-23(29)13-31-18-5-6-20(25)21(26)10-18/h2-7,10,16-17,19,22H,8-9,11-13H2,1H3,(H,27,30)(H,28,29). The van der Waals surface area contributed by atoms with Gasteiger partial charge in [0.25, 0.3) is 5.91 Å². The molecule has 5 rings (SSSR count). The minimum Gasteiger partial charge on any atom is -0.484 e. The minimum atomic E-state index is -0.591. The molecule has 2 aromatic carbocycles. The quantitative estimate of drug-likeness (QED) is 0.678. The Morgan fingerprint density at radius 1 is 1.13 bits per heavy atom. The first kappa shape index (κ1) is 21.6. The number of amides is 2. The van der Waals surface area contributed by atoms with Gasteiger partial charge in [0.2, 0.25) is 5.91 Å². The number of fused-ring (bicyclic) bond motifs is 2. The second-order valence-corrected chi connectivity index (χ2v) is 8.99. The average molecular weight is 445 g/mol. The number of hydrogen-bond acceptors (Lipinski definition) is 3. The van der Waals surface area contributed by atoms with Gasteiger partial charge in [-0.2, -0.15) is 0 Å². The maximum atomic E-state index is 13.5. The van der Waals surface area contributed by atoms with Gasteiger partial charge in [-0.3, -0.25) is 9.59 Å². The highest BCUT2D eigenvalue weighted by atomic mass is 35.5. The van der Waals surface area contributed by atoms with Gasteiger partial charge in [-0.05, 0) is 55.7 Å². The van der Waals surface area contributed by atoms with Gasteiger partial charge in [-0.25, -0.2) is 4.39 Å². The largest absolute Gasteiger partial charge is 0.484 e. The van der Waals surface area contributed by atoms with Crippen molar-refractivity contribution in [1.29, 1.82) is 0 Å². The summed E-state index contributed by atoms with van der Waals surface area (Å²) in [5.74, 6) is 0.143. The van der Waals surface area contributed by atoms with Gasteiger partial charge >= 0.3 is 0 Å². The number of hydrogen-bond donors (Lipinski definition) is 2. The van der Waals surface area contributed by atoms with Crippen LogP contribution < -0.4 is 15.4 Å². The Morgan fingerprint density at radius 3 is 2.68 bits per heavy atom. The first-order valence-corrected chi connectivity index (χ1v) is 11.0. The summed E-state index contributed by atoms with van der Waals surface area (Å²) >= 11 is 5.65. The molecule has 0 heterocycles. The number of halogens is 2. The van der Waals surface area contributed by atoms with E-state index < -0.39 is 5.82 Å². The van der Waals surface area contributed by atoms with Crippen LogP contribution in [0, 0.1) is 30.5 Å². The van der Waals surface area contributed by atoms with Crippen molar-refractivity contribution in [3.63, 3.8) is 0 Å². The highest BCUT2D eigenvalue weighted by Gasteiger charge is 2.48. The summed E-state index contributed by atoms with van der Waals surface area (Å²) < 4.78 is 18.9. The molecule has 2 unspecified atom stereocenters. The van der Waals surface area contributed by atoms with Crippen molar-refractivity contribution in [2.45, 2.75) is 38.8 Å². The van der Waals surface area contributed by atoms with Crippen molar-refractivity contribution in [3.8, 4) is 5.75 Å². The predicted octanol–water partition coefficient (Wildman–Crippen LogP) is 4.01. The van der Waals surface area contributed by atoms with E-state index in [-0.39, 0.29) is 41.2 Å². The van der Waals surface area contributed by atoms with E-state index in [0.717, 1.165) is 30.0 Å². The Labute approximate surface area is 186 Å². The summed E-state index contributed by atoms with van der Waals surface area (Å²) in [5.41, 5.74) is 2.24. The van der Waals surface area contributed by atoms with Crippen molar-refractivity contribution in [3.05, 3.63) is 64.4 Å². The monoisotopic (exact) mass is 444 g/mol. The first-order valence-electron chi connectivity index (χ1n) is 10.6. The van der Waals surface area contributed by atoms with Gasteiger partial charge in [-0.1, -0.05) is 41.4 Å². The summed E-state index contributed by atoms with van der Waals surface area (Å²) in [6.45, 7) is 2.33. The lowest BCUT2D eigenvalue weighted by atomic mass is 9.57. The average Bonchev–Trinajstić information content (AvgIpc) is 2.72. The van der Waals surface area contributed by atoms with Crippen LogP contribution in [0.3, 0.4) is 0 Å². The van der Waals surface area contributed by atoms with E-state index in [0.29, 0.717) is 24.8 Å². The molecule has 31 heavy (non-hydrogen) atoms. The van der Waals surface area contributed by atoms with Crippen molar-refractivity contribution in [1.82, 2.24) is 10.6 Å². The molecule has 0 aliphatic heterocycles. The van der Waals surface area contributed by atoms with Crippen LogP contribution in [-0.2, 0) is 16.1 Å². The van der Waals surface area contributed by atoms with Crippen LogP contribution in [0.15, 0.2) is 42.5 Å². The van der Waals surface area contributed by atoms with Crippen LogP contribution in [0.1, 0.15) is 30.4 Å². The van der Waals surface area contributed by atoms with E-state index >= 15 is 0 Å². The van der Waals surface area contributed by atoms with Crippen LogP contribution in [0.2, 0.25) is 5.02 Å². The number of rotatable bonds is 7.